The number of carbonyl (C=O) groups excluding carboxylic acids is 1. The highest BCUT2D eigenvalue weighted by Gasteiger charge is 2.40. The number of carbonyl (C=O) groups is 1. The number of hydrogen-bond acceptors (Lipinski definition) is 4. The molecule has 0 aromatic heterocycles. The Kier molecular flexibility index (Phi) is 8.98. The second kappa shape index (κ2) is 11.0. The Morgan fingerprint density at radius 1 is 1.04 bits per heavy atom. The molecule has 0 amide bonds. The summed E-state index contributed by atoms with van der Waals surface area (Å²) < 4.78 is 16.6. The van der Waals surface area contributed by atoms with Crippen molar-refractivity contribution in [3.8, 4) is 0 Å². The molecule has 0 aromatic carbocycles. The van der Waals surface area contributed by atoms with Crippen LogP contribution in [0.3, 0.4) is 0 Å². The fraction of sp³-hybridized carbons (Fsp3) is 0.947. The molecule has 0 bridgehead atoms. The van der Waals surface area contributed by atoms with Crippen molar-refractivity contribution in [1.82, 2.24) is 0 Å². The fourth-order valence-electron chi connectivity index (χ4n) is 3.43. The molecule has 0 spiro atoms. The molecule has 2 aliphatic rings. The van der Waals surface area contributed by atoms with Gasteiger partial charge < -0.3 is 14.2 Å². The summed E-state index contributed by atoms with van der Waals surface area (Å²) in [4.78, 5) is 11.6. The maximum atomic E-state index is 11.6. The van der Waals surface area contributed by atoms with Crippen LogP contribution in [0.15, 0.2) is 0 Å². The number of esters is 1. The zero-order valence-corrected chi connectivity index (χ0v) is 14.8. The zero-order valence-electron chi connectivity index (χ0n) is 14.8. The van der Waals surface area contributed by atoms with Gasteiger partial charge in [0.1, 0.15) is 6.10 Å². The van der Waals surface area contributed by atoms with E-state index in [0.717, 1.165) is 51.7 Å². The summed E-state index contributed by atoms with van der Waals surface area (Å²) in [6, 6.07) is 0. The first-order valence-corrected chi connectivity index (χ1v) is 9.75. The van der Waals surface area contributed by atoms with Gasteiger partial charge in [0.15, 0.2) is 6.29 Å². The van der Waals surface area contributed by atoms with Crippen LogP contribution < -0.4 is 0 Å². The van der Waals surface area contributed by atoms with Crippen LogP contribution in [0, 0.1) is 5.92 Å². The van der Waals surface area contributed by atoms with Crippen molar-refractivity contribution < 1.29 is 19.0 Å². The fourth-order valence-corrected chi connectivity index (χ4v) is 3.43. The molecule has 0 N–H and O–H groups in total. The van der Waals surface area contributed by atoms with Crippen molar-refractivity contribution in [3.05, 3.63) is 0 Å². The second-order valence-electron chi connectivity index (χ2n) is 6.95. The van der Waals surface area contributed by atoms with Gasteiger partial charge in [-0.3, -0.25) is 4.79 Å². The quantitative estimate of drug-likeness (QED) is 0.388. The van der Waals surface area contributed by atoms with E-state index in [2.05, 4.69) is 6.92 Å². The highest BCUT2D eigenvalue weighted by molar-refractivity contribution is 5.78. The highest BCUT2D eigenvalue weighted by Crippen LogP contribution is 2.31. The van der Waals surface area contributed by atoms with E-state index in [1.807, 2.05) is 0 Å². The van der Waals surface area contributed by atoms with E-state index in [1.54, 1.807) is 0 Å². The lowest BCUT2D eigenvalue weighted by Crippen LogP contribution is -2.44. The summed E-state index contributed by atoms with van der Waals surface area (Å²) in [7, 11) is 0. The maximum absolute atomic E-state index is 11.6. The first-order chi connectivity index (χ1) is 11.3. The van der Waals surface area contributed by atoms with Gasteiger partial charge in [-0.05, 0) is 44.9 Å². The number of hydrogen-bond donors (Lipinski definition) is 0. The zero-order chi connectivity index (χ0) is 16.3. The minimum Gasteiger partial charge on any atom is -0.461 e. The number of unbranched alkanes of at least 4 members (excludes halogenated alkanes) is 5. The minimum absolute atomic E-state index is 0.0313. The third kappa shape index (κ3) is 6.80. The lowest BCUT2D eigenvalue weighted by atomic mass is 9.87. The predicted octanol–water partition coefficient (Wildman–Crippen LogP) is 4.60. The Morgan fingerprint density at radius 3 is 2.61 bits per heavy atom. The topological polar surface area (TPSA) is 44.8 Å². The van der Waals surface area contributed by atoms with E-state index >= 15 is 0 Å². The number of ether oxygens (including phenoxy) is 3. The molecule has 2 aliphatic heterocycles. The third-order valence-electron chi connectivity index (χ3n) is 4.96. The van der Waals surface area contributed by atoms with E-state index in [0.29, 0.717) is 0 Å². The van der Waals surface area contributed by atoms with Crippen LogP contribution in [-0.4, -0.2) is 31.6 Å². The van der Waals surface area contributed by atoms with Gasteiger partial charge in [0.05, 0.1) is 5.92 Å². The largest absolute Gasteiger partial charge is 0.461 e. The molecule has 2 rings (SSSR count). The average molecular weight is 326 g/mol. The molecule has 2 fully saturated rings. The highest BCUT2D eigenvalue weighted by atomic mass is 16.7. The van der Waals surface area contributed by atoms with Crippen LogP contribution in [0.2, 0.25) is 0 Å². The van der Waals surface area contributed by atoms with Gasteiger partial charge in [-0.15, -0.1) is 0 Å². The molecule has 2 saturated heterocycles. The molecule has 3 unspecified atom stereocenters. The van der Waals surface area contributed by atoms with Crippen LogP contribution >= 0.6 is 0 Å². The smallest absolute Gasteiger partial charge is 0.313 e. The van der Waals surface area contributed by atoms with Gasteiger partial charge in [0, 0.05) is 13.2 Å². The van der Waals surface area contributed by atoms with Crippen molar-refractivity contribution >= 4 is 5.97 Å². The van der Waals surface area contributed by atoms with Crippen LogP contribution in [0.1, 0.15) is 84.0 Å². The lowest BCUT2D eigenvalue weighted by Gasteiger charge is -2.35. The Bertz CT molecular complexity index is 325. The molecule has 0 radical (unpaired) electrons. The van der Waals surface area contributed by atoms with Crippen molar-refractivity contribution in [2.75, 3.05) is 13.2 Å². The predicted molar refractivity (Wildman–Crippen MR) is 90.1 cm³/mol. The van der Waals surface area contributed by atoms with Crippen molar-refractivity contribution in [2.24, 2.45) is 5.92 Å². The van der Waals surface area contributed by atoms with Gasteiger partial charge in [-0.2, -0.15) is 0 Å². The molecular weight excluding hydrogens is 292 g/mol. The van der Waals surface area contributed by atoms with Crippen LogP contribution in [0.5, 0.6) is 0 Å². The van der Waals surface area contributed by atoms with E-state index in [9.17, 15) is 4.79 Å². The molecule has 0 aliphatic carbocycles. The molecule has 0 aromatic rings. The molecule has 4 nitrogen and oxygen atoms in total. The van der Waals surface area contributed by atoms with E-state index in [-0.39, 0.29) is 24.3 Å². The average Bonchev–Trinajstić information content (AvgIpc) is 2.57. The first-order valence-electron chi connectivity index (χ1n) is 9.75. The van der Waals surface area contributed by atoms with E-state index < -0.39 is 0 Å². The number of cyclic esters (lactones) is 1. The Hall–Kier alpha value is -0.610. The summed E-state index contributed by atoms with van der Waals surface area (Å²) in [5.74, 6) is 0.211. The number of rotatable bonds is 12. The Morgan fingerprint density at radius 2 is 1.87 bits per heavy atom. The van der Waals surface area contributed by atoms with Crippen molar-refractivity contribution in [1.29, 1.82) is 0 Å². The molecule has 2 heterocycles. The summed E-state index contributed by atoms with van der Waals surface area (Å²) in [6.45, 7) is 3.84. The standard InChI is InChI=1S/C19H34O4/c1-2-3-4-6-11-16-17(23-19(16)20)12-7-5-9-14-21-18-13-8-10-15-22-18/h16-18H,2-15H2,1H3. The summed E-state index contributed by atoms with van der Waals surface area (Å²) >= 11 is 0. The summed E-state index contributed by atoms with van der Waals surface area (Å²) in [5.41, 5.74) is 0. The van der Waals surface area contributed by atoms with Crippen molar-refractivity contribution in [2.45, 2.75) is 96.4 Å². The maximum Gasteiger partial charge on any atom is 0.313 e. The molecule has 3 atom stereocenters. The second-order valence-corrected chi connectivity index (χ2v) is 6.95. The van der Waals surface area contributed by atoms with Gasteiger partial charge in [-0.1, -0.05) is 39.0 Å². The van der Waals surface area contributed by atoms with Crippen LogP contribution in [0.25, 0.3) is 0 Å². The van der Waals surface area contributed by atoms with Gasteiger partial charge in [-0.25, -0.2) is 0 Å². The molecular formula is C19H34O4. The van der Waals surface area contributed by atoms with Gasteiger partial charge in [0.25, 0.3) is 0 Å². The normalized spacial score (nSPS) is 27.5. The third-order valence-corrected chi connectivity index (χ3v) is 4.96. The Balaban J connectivity index is 1.44. The molecule has 0 saturated carbocycles. The molecule has 4 heteroatoms. The first kappa shape index (κ1) is 18.7. The van der Waals surface area contributed by atoms with Crippen LogP contribution in [-0.2, 0) is 19.0 Å². The SMILES string of the molecule is CCCCCCC1C(=O)OC1CCCCCOC1CCCCO1. The van der Waals surface area contributed by atoms with Gasteiger partial charge >= 0.3 is 5.97 Å². The summed E-state index contributed by atoms with van der Waals surface area (Å²) in [6.07, 6.45) is 13.9. The lowest BCUT2D eigenvalue weighted by molar-refractivity contribution is -0.186. The molecule has 23 heavy (non-hydrogen) atoms. The minimum atomic E-state index is 0.0313. The van der Waals surface area contributed by atoms with Gasteiger partial charge in [0.2, 0.25) is 0 Å². The van der Waals surface area contributed by atoms with Crippen LogP contribution in [0.4, 0.5) is 0 Å². The monoisotopic (exact) mass is 326 g/mol. The Labute approximate surface area is 141 Å². The van der Waals surface area contributed by atoms with Crippen molar-refractivity contribution in [3.63, 3.8) is 0 Å². The summed E-state index contributed by atoms with van der Waals surface area (Å²) in [5, 5.41) is 0. The van der Waals surface area contributed by atoms with E-state index in [1.165, 1.54) is 38.5 Å². The molecule has 134 valence electrons. The van der Waals surface area contributed by atoms with E-state index in [4.69, 9.17) is 14.2 Å².